The number of benzene rings is 1. The zero-order valence-electron chi connectivity index (χ0n) is 19.3. The standard InChI is InChI=1S/C25H31N5O3/c1-15(2)22(29-24(31)16(3)26)25(32)30-12-6-7-17(30)13-19-18-8-4-5-9-21(18)33-23(19)20-14-27-10-11-28-20/h4-5,8-11,14-17,22H,6-7,12-13,26H2,1-3H3,(H,29,31)/t16-,17-,22-/m0/s1. The Morgan fingerprint density at radius 1 is 1.24 bits per heavy atom. The minimum Gasteiger partial charge on any atom is -0.454 e. The summed E-state index contributed by atoms with van der Waals surface area (Å²) in [5.41, 5.74) is 8.20. The van der Waals surface area contributed by atoms with Crippen LogP contribution in [0.25, 0.3) is 22.4 Å². The normalized spacial score (nSPS) is 18.0. The molecule has 1 aliphatic rings. The van der Waals surface area contributed by atoms with Gasteiger partial charge in [-0.25, -0.2) is 4.98 Å². The average molecular weight is 450 g/mol. The molecule has 2 aromatic heterocycles. The number of rotatable bonds is 7. The van der Waals surface area contributed by atoms with Crippen molar-refractivity contribution < 1.29 is 14.0 Å². The highest BCUT2D eigenvalue weighted by Crippen LogP contribution is 2.35. The number of nitrogens with zero attached hydrogens (tertiary/aromatic N) is 3. The molecule has 1 aliphatic heterocycles. The average Bonchev–Trinajstić information content (AvgIpc) is 3.42. The van der Waals surface area contributed by atoms with Crippen LogP contribution in [-0.2, 0) is 16.0 Å². The Balaban J connectivity index is 1.64. The topological polar surface area (TPSA) is 114 Å². The fourth-order valence-corrected chi connectivity index (χ4v) is 4.48. The lowest BCUT2D eigenvalue weighted by Gasteiger charge is -2.31. The van der Waals surface area contributed by atoms with Gasteiger partial charge in [0.2, 0.25) is 11.8 Å². The Kier molecular flexibility index (Phi) is 6.74. The molecule has 0 saturated carbocycles. The van der Waals surface area contributed by atoms with Crippen LogP contribution in [0.15, 0.2) is 47.3 Å². The molecule has 4 rings (SSSR count). The fourth-order valence-electron chi connectivity index (χ4n) is 4.48. The Hall–Kier alpha value is -3.26. The molecule has 3 N–H and O–H groups in total. The van der Waals surface area contributed by atoms with Crippen molar-refractivity contribution >= 4 is 22.8 Å². The van der Waals surface area contributed by atoms with E-state index in [2.05, 4.69) is 15.3 Å². The molecule has 1 aromatic carbocycles. The van der Waals surface area contributed by atoms with E-state index >= 15 is 0 Å². The summed E-state index contributed by atoms with van der Waals surface area (Å²) < 4.78 is 6.18. The highest BCUT2D eigenvalue weighted by Gasteiger charge is 2.36. The minimum atomic E-state index is -0.666. The highest BCUT2D eigenvalue weighted by atomic mass is 16.3. The van der Waals surface area contributed by atoms with E-state index in [1.54, 1.807) is 25.5 Å². The molecule has 174 valence electrons. The summed E-state index contributed by atoms with van der Waals surface area (Å²) in [6.07, 6.45) is 7.41. The Bertz CT molecular complexity index is 1130. The van der Waals surface area contributed by atoms with Crippen LogP contribution in [0.1, 0.15) is 39.2 Å². The summed E-state index contributed by atoms with van der Waals surface area (Å²) in [5.74, 6) is 0.263. The van der Waals surface area contributed by atoms with Crippen LogP contribution in [-0.4, -0.2) is 51.4 Å². The van der Waals surface area contributed by atoms with Crippen molar-refractivity contribution in [2.75, 3.05) is 6.54 Å². The Morgan fingerprint density at radius 3 is 2.73 bits per heavy atom. The molecule has 3 atom stereocenters. The zero-order chi connectivity index (χ0) is 23.5. The number of aromatic nitrogens is 2. The van der Waals surface area contributed by atoms with Crippen molar-refractivity contribution in [1.82, 2.24) is 20.2 Å². The number of nitrogens with two attached hydrogens (primary N) is 1. The summed E-state index contributed by atoms with van der Waals surface area (Å²) >= 11 is 0. The number of hydrogen-bond acceptors (Lipinski definition) is 6. The molecule has 0 radical (unpaired) electrons. The third-order valence-electron chi connectivity index (χ3n) is 6.24. The van der Waals surface area contributed by atoms with Crippen molar-refractivity contribution in [1.29, 1.82) is 0 Å². The maximum absolute atomic E-state index is 13.5. The SMILES string of the molecule is CC(C)[C@H](NC(=O)[C@H](C)N)C(=O)N1CCC[C@H]1Cc1c(-c2cnccn2)oc2ccccc12. The van der Waals surface area contributed by atoms with Gasteiger partial charge in [-0.3, -0.25) is 14.6 Å². The number of para-hydroxylation sites is 1. The lowest BCUT2D eigenvalue weighted by Crippen LogP contribution is -2.55. The number of nitrogens with one attached hydrogen (secondary N) is 1. The van der Waals surface area contributed by atoms with Gasteiger partial charge in [0.25, 0.3) is 0 Å². The molecule has 1 saturated heterocycles. The number of furan rings is 1. The van der Waals surface area contributed by atoms with Gasteiger partial charge in [0.05, 0.1) is 12.2 Å². The van der Waals surface area contributed by atoms with Gasteiger partial charge in [-0.2, -0.15) is 0 Å². The summed E-state index contributed by atoms with van der Waals surface area (Å²) in [6, 6.07) is 6.63. The van der Waals surface area contributed by atoms with Gasteiger partial charge >= 0.3 is 0 Å². The van der Waals surface area contributed by atoms with Crippen LogP contribution in [0.2, 0.25) is 0 Å². The van der Waals surface area contributed by atoms with E-state index in [9.17, 15) is 9.59 Å². The highest BCUT2D eigenvalue weighted by molar-refractivity contribution is 5.90. The molecule has 8 nitrogen and oxygen atoms in total. The molecular formula is C25H31N5O3. The van der Waals surface area contributed by atoms with Crippen LogP contribution in [0.5, 0.6) is 0 Å². The van der Waals surface area contributed by atoms with Crippen LogP contribution in [0, 0.1) is 5.92 Å². The second-order valence-corrected chi connectivity index (χ2v) is 9.05. The lowest BCUT2D eigenvalue weighted by atomic mass is 9.98. The first-order valence-electron chi connectivity index (χ1n) is 11.5. The van der Waals surface area contributed by atoms with E-state index < -0.39 is 12.1 Å². The summed E-state index contributed by atoms with van der Waals surface area (Å²) in [5, 5.41) is 3.86. The Labute approximate surface area is 193 Å². The summed E-state index contributed by atoms with van der Waals surface area (Å²) in [4.78, 5) is 36.3. The number of amides is 2. The molecular weight excluding hydrogens is 418 g/mol. The van der Waals surface area contributed by atoms with E-state index in [1.165, 1.54) is 0 Å². The third kappa shape index (κ3) is 4.75. The van der Waals surface area contributed by atoms with Gasteiger partial charge in [-0.1, -0.05) is 32.0 Å². The predicted octanol–water partition coefficient (Wildman–Crippen LogP) is 2.91. The van der Waals surface area contributed by atoms with E-state index in [0.717, 1.165) is 29.4 Å². The van der Waals surface area contributed by atoms with Crippen molar-refractivity contribution in [3.05, 3.63) is 48.4 Å². The quantitative estimate of drug-likeness (QED) is 0.573. The van der Waals surface area contributed by atoms with Gasteiger partial charge in [0.1, 0.15) is 17.3 Å². The number of hydrogen-bond donors (Lipinski definition) is 2. The van der Waals surface area contributed by atoms with Crippen molar-refractivity contribution in [2.45, 2.75) is 58.2 Å². The molecule has 0 aliphatic carbocycles. The van der Waals surface area contributed by atoms with Crippen LogP contribution in [0.3, 0.4) is 0 Å². The number of fused-ring (bicyclic) bond motifs is 1. The minimum absolute atomic E-state index is 0.00220. The summed E-state index contributed by atoms with van der Waals surface area (Å²) in [6.45, 7) is 6.15. The second-order valence-electron chi connectivity index (χ2n) is 9.05. The smallest absolute Gasteiger partial charge is 0.245 e. The van der Waals surface area contributed by atoms with Crippen molar-refractivity contribution in [3.63, 3.8) is 0 Å². The first-order valence-corrected chi connectivity index (χ1v) is 11.5. The molecule has 0 bridgehead atoms. The number of likely N-dealkylation sites (tertiary alicyclic amines) is 1. The van der Waals surface area contributed by atoms with Gasteiger partial charge < -0.3 is 20.4 Å². The van der Waals surface area contributed by atoms with Gasteiger partial charge in [-0.05, 0) is 38.2 Å². The van der Waals surface area contributed by atoms with Gasteiger partial charge in [-0.15, -0.1) is 0 Å². The maximum Gasteiger partial charge on any atom is 0.245 e. The number of carbonyl (C=O) groups excluding carboxylic acids is 2. The predicted molar refractivity (Wildman–Crippen MR) is 126 cm³/mol. The summed E-state index contributed by atoms with van der Waals surface area (Å²) in [7, 11) is 0. The molecule has 2 amide bonds. The first kappa shape index (κ1) is 22.9. The van der Waals surface area contributed by atoms with E-state index in [-0.39, 0.29) is 23.8 Å². The molecule has 0 spiro atoms. The second kappa shape index (κ2) is 9.70. The molecule has 8 heteroatoms. The van der Waals surface area contributed by atoms with Gasteiger partial charge in [0, 0.05) is 35.9 Å². The molecule has 3 heterocycles. The van der Waals surface area contributed by atoms with E-state index in [4.69, 9.17) is 10.2 Å². The van der Waals surface area contributed by atoms with E-state index in [1.807, 2.05) is 43.0 Å². The zero-order valence-corrected chi connectivity index (χ0v) is 19.3. The lowest BCUT2D eigenvalue weighted by molar-refractivity contribution is -0.138. The number of carbonyl (C=O) groups is 2. The molecule has 0 unspecified atom stereocenters. The van der Waals surface area contributed by atoms with Crippen LogP contribution >= 0.6 is 0 Å². The van der Waals surface area contributed by atoms with Crippen molar-refractivity contribution in [3.8, 4) is 11.5 Å². The monoisotopic (exact) mass is 449 g/mol. The third-order valence-corrected chi connectivity index (χ3v) is 6.24. The Morgan fingerprint density at radius 2 is 2.03 bits per heavy atom. The van der Waals surface area contributed by atoms with Crippen LogP contribution < -0.4 is 11.1 Å². The van der Waals surface area contributed by atoms with Gasteiger partial charge in [0.15, 0.2) is 5.76 Å². The first-order chi connectivity index (χ1) is 15.9. The molecule has 1 fully saturated rings. The maximum atomic E-state index is 13.5. The largest absolute Gasteiger partial charge is 0.454 e. The molecule has 33 heavy (non-hydrogen) atoms. The fraction of sp³-hybridized carbons (Fsp3) is 0.440. The van der Waals surface area contributed by atoms with Crippen LogP contribution in [0.4, 0.5) is 0 Å². The van der Waals surface area contributed by atoms with E-state index in [0.29, 0.717) is 24.4 Å². The molecule has 3 aromatic rings. The van der Waals surface area contributed by atoms with Crippen molar-refractivity contribution in [2.24, 2.45) is 11.7 Å².